The lowest BCUT2D eigenvalue weighted by Crippen LogP contribution is -2.38. The topological polar surface area (TPSA) is 66.6 Å². The van der Waals surface area contributed by atoms with Gasteiger partial charge in [-0.15, -0.1) is 0 Å². The van der Waals surface area contributed by atoms with Gasteiger partial charge in [-0.25, -0.2) is 0 Å². The molecule has 5 nitrogen and oxygen atoms in total. The fourth-order valence-electron chi connectivity index (χ4n) is 2.50. The highest BCUT2D eigenvalue weighted by molar-refractivity contribution is 9.10. The van der Waals surface area contributed by atoms with Crippen LogP contribution in [-0.4, -0.2) is 29.3 Å². The molecule has 0 aliphatic carbocycles. The van der Waals surface area contributed by atoms with E-state index in [0.717, 1.165) is 40.6 Å². The summed E-state index contributed by atoms with van der Waals surface area (Å²) in [4.78, 5) is 13.1. The first-order chi connectivity index (χ1) is 9.15. The average Bonchev–Trinajstić information content (AvgIpc) is 2.81. The number of benzene rings is 1. The smallest absolute Gasteiger partial charge is 0.308 e. The third-order valence-corrected chi connectivity index (χ3v) is 3.98. The second-order valence-electron chi connectivity index (χ2n) is 4.77. The molecule has 2 heterocycles. The van der Waals surface area contributed by atoms with E-state index in [1.165, 1.54) is 0 Å². The van der Waals surface area contributed by atoms with Gasteiger partial charge in [-0.1, -0.05) is 21.1 Å². The molecule has 2 aromatic rings. The first-order valence-electron chi connectivity index (χ1n) is 6.18. The van der Waals surface area contributed by atoms with Gasteiger partial charge >= 0.3 is 5.97 Å². The fraction of sp³-hybridized carbons (Fsp3) is 0.385. The number of halogens is 1. The first-order valence-corrected chi connectivity index (χ1v) is 6.97. The predicted octanol–water partition coefficient (Wildman–Crippen LogP) is 2.89. The van der Waals surface area contributed by atoms with E-state index in [2.05, 4.69) is 21.1 Å². The molecule has 1 aliphatic rings. The molecule has 1 N–H and O–H groups in total. The van der Waals surface area contributed by atoms with Gasteiger partial charge in [0.15, 0.2) is 11.4 Å². The van der Waals surface area contributed by atoms with Crippen molar-refractivity contribution in [3.63, 3.8) is 0 Å². The van der Waals surface area contributed by atoms with Gasteiger partial charge in [0.1, 0.15) is 0 Å². The maximum absolute atomic E-state index is 11.1. The van der Waals surface area contributed by atoms with Crippen molar-refractivity contribution in [3.8, 4) is 0 Å². The number of hydrogen-bond acceptors (Lipinski definition) is 4. The summed E-state index contributed by atoms with van der Waals surface area (Å²) in [6.45, 7) is 1.31. The Kier molecular flexibility index (Phi) is 3.18. The van der Waals surface area contributed by atoms with Gasteiger partial charge in [0.2, 0.25) is 0 Å². The SMILES string of the molecule is O=C(O)C1CCCN(c2noc3ccc(Br)cc23)C1. The Balaban J connectivity index is 1.95. The van der Waals surface area contributed by atoms with Crippen LogP contribution in [0.3, 0.4) is 0 Å². The Bertz CT molecular complexity index is 625. The summed E-state index contributed by atoms with van der Waals surface area (Å²) in [6.07, 6.45) is 1.59. The van der Waals surface area contributed by atoms with Crippen molar-refractivity contribution in [3.05, 3.63) is 22.7 Å². The Morgan fingerprint density at radius 3 is 3.16 bits per heavy atom. The van der Waals surface area contributed by atoms with Gasteiger partial charge < -0.3 is 14.5 Å². The molecule has 1 saturated heterocycles. The maximum Gasteiger partial charge on any atom is 0.308 e. The number of hydrogen-bond donors (Lipinski definition) is 1. The van der Waals surface area contributed by atoms with Crippen LogP contribution in [0.2, 0.25) is 0 Å². The van der Waals surface area contributed by atoms with E-state index in [1.807, 2.05) is 23.1 Å². The molecule has 1 aliphatic heterocycles. The molecular weight excluding hydrogens is 312 g/mol. The van der Waals surface area contributed by atoms with Crippen molar-refractivity contribution in [2.75, 3.05) is 18.0 Å². The molecule has 100 valence electrons. The van der Waals surface area contributed by atoms with Crippen LogP contribution in [0.4, 0.5) is 5.82 Å². The molecule has 1 atom stereocenters. The molecule has 0 bridgehead atoms. The lowest BCUT2D eigenvalue weighted by molar-refractivity contribution is -0.141. The van der Waals surface area contributed by atoms with E-state index in [-0.39, 0.29) is 5.92 Å². The number of carbonyl (C=O) groups is 1. The van der Waals surface area contributed by atoms with Crippen LogP contribution in [0.1, 0.15) is 12.8 Å². The number of fused-ring (bicyclic) bond motifs is 1. The third-order valence-electron chi connectivity index (χ3n) is 3.48. The summed E-state index contributed by atoms with van der Waals surface area (Å²) in [5, 5.41) is 14.1. The molecule has 0 saturated carbocycles. The molecule has 0 radical (unpaired) electrons. The summed E-state index contributed by atoms with van der Waals surface area (Å²) < 4.78 is 6.25. The summed E-state index contributed by atoms with van der Waals surface area (Å²) in [6, 6.07) is 5.70. The maximum atomic E-state index is 11.1. The van der Waals surface area contributed by atoms with E-state index >= 15 is 0 Å². The minimum Gasteiger partial charge on any atom is -0.481 e. The Morgan fingerprint density at radius 1 is 1.53 bits per heavy atom. The van der Waals surface area contributed by atoms with Crippen LogP contribution in [0, 0.1) is 5.92 Å². The Labute approximate surface area is 118 Å². The number of rotatable bonds is 2. The molecule has 0 amide bonds. The van der Waals surface area contributed by atoms with Gasteiger partial charge in [0.25, 0.3) is 0 Å². The van der Waals surface area contributed by atoms with E-state index in [4.69, 9.17) is 9.63 Å². The number of carboxylic acid groups (broad SMARTS) is 1. The summed E-state index contributed by atoms with van der Waals surface area (Å²) >= 11 is 3.43. The minimum absolute atomic E-state index is 0.326. The number of nitrogens with zero attached hydrogens (tertiary/aromatic N) is 2. The van der Waals surface area contributed by atoms with E-state index < -0.39 is 5.97 Å². The molecule has 1 aromatic heterocycles. The van der Waals surface area contributed by atoms with Crippen molar-refractivity contribution >= 4 is 38.7 Å². The summed E-state index contributed by atoms with van der Waals surface area (Å²) in [7, 11) is 0. The van der Waals surface area contributed by atoms with Gasteiger partial charge in [0, 0.05) is 17.6 Å². The molecule has 1 aromatic carbocycles. The average molecular weight is 325 g/mol. The van der Waals surface area contributed by atoms with Crippen LogP contribution in [-0.2, 0) is 4.79 Å². The van der Waals surface area contributed by atoms with Crippen LogP contribution in [0.25, 0.3) is 11.0 Å². The monoisotopic (exact) mass is 324 g/mol. The highest BCUT2D eigenvalue weighted by Gasteiger charge is 2.28. The zero-order valence-corrected chi connectivity index (χ0v) is 11.8. The van der Waals surface area contributed by atoms with E-state index in [0.29, 0.717) is 6.54 Å². The number of aromatic nitrogens is 1. The normalized spacial score (nSPS) is 19.8. The Hall–Kier alpha value is -1.56. The lowest BCUT2D eigenvalue weighted by atomic mass is 9.98. The second kappa shape index (κ2) is 4.85. The van der Waals surface area contributed by atoms with Gasteiger partial charge in [-0.05, 0) is 31.0 Å². The number of anilines is 1. The van der Waals surface area contributed by atoms with Crippen molar-refractivity contribution < 1.29 is 14.4 Å². The zero-order chi connectivity index (χ0) is 13.4. The molecular formula is C13H13BrN2O3. The van der Waals surface area contributed by atoms with Crippen LogP contribution < -0.4 is 4.90 Å². The van der Waals surface area contributed by atoms with Crippen LogP contribution in [0.15, 0.2) is 27.2 Å². The third kappa shape index (κ3) is 2.32. The molecule has 6 heteroatoms. The van der Waals surface area contributed by atoms with E-state index in [9.17, 15) is 4.79 Å². The lowest BCUT2D eigenvalue weighted by Gasteiger charge is -2.30. The van der Waals surface area contributed by atoms with Crippen LogP contribution >= 0.6 is 15.9 Å². The summed E-state index contributed by atoms with van der Waals surface area (Å²) in [5.41, 5.74) is 0.718. The number of carboxylic acids is 1. The van der Waals surface area contributed by atoms with Crippen molar-refractivity contribution in [2.45, 2.75) is 12.8 Å². The van der Waals surface area contributed by atoms with Gasteiger partial charge in [-0.3, -0.25) is 4.79 Å². The Morgan fingerprint density at radius 2 is 2.37 bits per heavy atom. The van der Waals surface area contributed by atoms with Crippen molar-refractivity contribution in [1.29, 1.82) is 0 Å². The zero-order valence-electron chi connectivity index (χ0n) is 10.2. The van der Waals surface area contributed by atoms with E-state index in [1.54, 1.807) is 0 Å². The van der Waals surface area contributed by atoms with Gasteiger partial charge in [0.05, 0.1) is 11.3 Å². The number of aliphatic carboxylic acids is 1. The minimum atomic E-state index is -0.737. The fourth-order valence-corrected chi connectivity index (χ4v) is 2.86. The van der Waals surface area contributed by atoms with Crippen LogP contribution in [0.5, 0.6) is 0 Å². The van der Waals surface area contributed by atoms with Gasteiger partial charge in [-0.2, -0.15) is 0 Å². The quantitative estimate of drug-likeness (QED) is 0.920. The van der Waals surface area contributed by atoms with Crippen molar-refractivity contribution in [2.24, 2.45) is 5.92 Å². The largest absolute Gasteiger partial charge is 0.481 e. The second-order valence-corrected chi connectivity index (χ2v) is 5.69. The molecule has 1 fully saturated rings. The molecule has 3 rings (SSSR count). The van der Waals surface area contributed by atoms with Crippen molar-refractivity contribution in [1.82, 2.24) is 5.16 Å². The molecule has 19 heavy (non-hydrogen) atoms. The highest BCUT2D eigenvalue weighted by Crippen LogP contribution is 2.31. The summed E-state index contributed by atoms with van der Waals surface area (Å²) in [5.74, 6) is -0.325. The molecule has 0 spiro atoms. The molecule has 1 unspecified atom stereocenters. The first kappa shape index (κ1) is 12.5. The predicted molar refractivity (Wildman–Crippen MR) is 74.3 cm³/mol. The number of piperidine rings is 1. The standard InChI is InChI=1S/C13H13BrN2O3/c14-9-3-4-11-10(6-9)12(15-19-11)16-5-1-2-8(7-16)13(17)18/h3-4,6,8H,1-2,5,7H2,(H,17,18). The highest BCUT2D eigenvalue weighted by atomic mass is 79.9.